The molecule has 19 heavy (non-hydrogen) atoms. The summed E-state index contributed by atoms with van der Waals surface area (Å²) in [5.41, 5.74) is 0. The van der Waals surface area contributed by atoms with Gasteiger partial charge in [-0.1, -0.05) is 0 Å². The van der Waals surface area contributed by atoms with Crippen molar-refractivity contribution >= 4 is 0 Å². The van der Waals surface area contributed by atoms with Crippen LogP contribution in [0.15, 0.2) is 0 Å². The Bertz CT molecular complexity index is 309. The van der Waals surface area contributed by atoms with Crippen LogP contribution in [0.25, 0.3) is 0 Å². The molecule has 1 aliphatic carbocycles. The summed E-state index contributed by atoms with van der Waals surface area (Å²) in [5.74, 6) is 1.27. The molecule has 2 saturated heterocycles. The molecule has 3 aliphatic rings. The zero-order valence-electron chi connectivity index (χ0n) is 12.3. The van der Waals surface area contributed by atoms with Gasteiger partial charge in [-0.2, -0.15) is 0 Å². The van der Waals surface area contributed by atoms with Crippen LogP contribution < -0.4 is 0 Å². The van der Waals surface area contributed by atoms with Crippen LogP contribution in [0.3, 0.4) is 0 Å². The number of morpholine rings is 1. The van der Waals surface area contributed by atoms with E-state index < -0.39 is 0 Å². The summed E-state index contributed by atoms with van der Waals surface area (Å²) in [4.78, 5) is 5.03. The van der Waals surface area contributed by atoms with Gasteiger partial charge >= 0.3 is 0 Å². The fraction of sp³-hybridized carbons (Fsp3) is 1.00. The maximum Gasteiger partial charge on any atom is 0.0829 e. The Kier molecular flexibility index (Phi) is 4.13. The number of hydrogen-bond acceptors (Lipinski definition) is 4. The van der Waals surface area contributed by atoms with Gasteiger partial charge in [-0.05, 0) is 32.6 Å². The van der Waals surface area contributed by atoms with Crippen LogP contribution in [-0.4, -0.2) is 72.5 Å². The van der Waals surface area contributed by atoms with E-state index in [1.165, 1.54) is 13.0 Å². The second-order valence-corrected chi connectivity index (χ2v) is 6.87. The molecule has 0 bridgehead atoms. The van der Waals surface area contributed by atoms with Crippen LogP contribution in [-0.2, 0) is 4.74 Å². The van der Waals surface area contributed by atoms with E-state index in [-0.39, 0.29) is 6.10 Å². The number of hydrogen-bond donors (Lipinski definition) is 1. The Labute approximate surface area is 116 Å². The van der Waals surface area contributed by atoms with Gasteiger partial charge in [-0.3, -0.25) is 4.90 Å². The first kappa shape index (κ1) is 13.8. The zero-order valence-corrected chi connectivity index (χ0v) is 12.3. The third-order valence-corrected chi connectivity index (χ3v) is 5.26. The van der Waals surface area contributed by atoms with Crippen molar-refractivity contribution in [3.05, 3.63) is 0 Å². The second kappa shape index (κ2) is 5.68. The summed E-state index contributed by atoms with van der Waals surface area (Å²) in [5, 5.41) is 9.97. The van der Waals surface area contributed by atoms with Gasteiger partial charge in [-0.15, -0.1) is 0 Å². The molecular weight excluding hydrogens is 240 g/mol. The minimum absolute atomic E-state index is 0.0468. The lowest BCUT2D eigenvalue weighted by Gasteiger charge is -2.37. The highest BCUT2D eigenvalue weighted by Gasteiger charge is 2.42. The van der Waals surface area contributed by atoms with Crippen LogP contribution >= 0.6 is 0 Å². The normalized spacial score (nSPS) is 41.1. The third-order valence-electron chi connectivity index (χ3n) is 5.26. The first-order valence-corrected chi connectivity index (χ1v) is 7.89. The van der Waals surface area contributed by atoms with E-state index in [1.54, 1.807) is 0 Å². The molecule has 0 aromatic carbocycles. The lowest BCUT2D eigenvalue weighted by atomic mass is 10.00. The van der Waals surface area contributed by atoms with E-state index in [4.69, 9.17) is 4.74 Å². The van der Waals surface area contributed by atoms with E-state index in [0.717, 1.165) is 45.1 Å². The Balaban J connectivity index is 1.49. The molecule has 0 aromatic rings. The molecule has 1 N–H and O–H groups in total. The quantitative estimate of drug-likeness (QED) is 0.821. The SMILES string of the molecule is CC(C)N1CCOC(CN2CC3CCC(O)C3C2)C1. The van der Waals surface area contributed by atoms with Crippen LogP contribution in [0.5, 0.6) is 0 Å². The molecule has 0 amide bonds. The minimum Gasteiger partial charge on any atom is -0.393 e. The van der Waals surface area contributed by atoms with E-state index in [1.807, 2.05) is 0 Å². The molecule has 110 valence electrons. The van der Waals surface area contributed by atoms with Gasteiger partial charge in [0.05, 0.1) is 18.8 Å². The molecule has 1 saturated carbocycles. The standard InChI is InChI=1S/C15H28N2O2/c1-11(2)17-5-6-19-13(9-17)8-16-7-12-3-4-15(18)14(12)10-16/h11-15,18H,3-10H2,1-2H3. The summed E-state index contributed by atoms with van der Waals surface area (Å²) in [6, 6.07) is 0.617. The van der Waals surface area contributed by atoms with Crippen molar-refractivity contribution in [2.45, 2.75) is 44.9 Å². The molecule has 0 spiro atoms. The highest BCUT2D eigenvalue weighted by Crippen LogP contribution is 2.38. The summed E-state index contributed by atoms with van der Waals surface area (Å²) < 4.78 is 5.92. The monoisotopic (exact) mass is 268 g/mol. The highest BCUT2D eigenvalue weighted by atomic mass is 16.5. The van der Waals surface area contributed by atoms with Gasteiger partial charge < -0.3 is 14.7 Å². The maximum absolute atomic E-state index is 9.97. The predicted molar refractivity (Wildman–Crippen MR) is 75.1 cm³/mol. The van der Waals surface area contributed by atoms with E-state index >= 15 is 0 Å². The molecule has 3 rings (SSSR count). The Morgan fingerprint density at radius 1 is 1.21 bits per heavy atom. The number of fused-ring (bicyclic) bond motifs is 1. The van der Waals surface area contributed by atoms with Crippen molar-refractivity contribution in [1.82, 2.24) is 9.80 Å². The van der Waals surface area contributed by atoms with Crippen LogP contribution in [0, 0.1) is 11.8 Å². The average Bonchev–Trinajstić information content (AvgIpc) is 2.92. The minimum atomic E-state index is -0.0468. The van der Waals surface area contributed by atoms with Gasteiger partial charge in [0.1, 0.15) is 0 Å². The van der Waals surface area contributed by atoms with Crippen LogP contribution in [0.4, 0.5) is 0 Å². The zero-order chi connectivity index (χ0) is 13.4. The van der Waals surface area contributed by atoms with Crippen molar-refractivity contribution < 1.29 is 9.84 Å². The van der Waals surface area contributed by atoms with Gasteiger partial charge in [0.2, 0.25) is 0 Å². The molecule has 4 unspecified atom stereocenters. The summed E-state index contributed by atoms with van der Waals surface area (Å²) in [7, 11) is 0. The molecule has 3 fully saturated rings. The fourth-order valence-electron chi connectivity index (χ4n) is 4.09. The molecule has 2 aliphatic heterocycles. The number of likely N-dealkylation sites (tertiary alicyclic amines) is 1. The van der Waals surface area contributed by atoms with Gasteiger partial charge in [0, 0.05) is 44.7 Å². The summed E-state index contributed by atoms with van der Waals surface area (Å²) in [6.45, 7) is 10.8. The van der Waals surface area contributed by atoms with Crippen molar-refractivity contribution in [1.29, 1.82) is 0 Å². The van der Waals surface area contributed by atoms with Gasteiger partial charge in [0.25, 0.3) is 0 Å². The van der Waals surface area contributed by atoms with Crippen molar-refractivity contribution in [3.63, 3.8) is 0 Å². The molecule has 2 heterocycles. The predicted octanol–water partition coefficient (Wildman–Crippen LogP) is 0.798. The Hall–Kier alpha value is -0.160. The summed E-state index contributed by atoms with van der Waals surface area (Å²) in [6.07, 6.45) is 2.54. The topological polar surface area (TPSA) is 35.9 Å². The first-order valence-electron chi connectivity index (χ1n) is 7.89. The Morgan fingerprint density at radius 3 is 2.79 bits per heavy atom. The second-order valence-electron chi connectivity index (χ2n) is 6.87. The smallest absolute Gasteiger partial charge is 0.0829 e. The number of nitrogens with zero attached hydrogens (tertiary/aromatic N) is 2. The fourth-order valence-corrected chi connectivity index (χ4v) is 4.09. The maximum atomic E-state index is 9.97. The van der Waals surface area contributed by atoms with Crippen LogP contribution in [0.2, 0.25) is 0 Å². The first-order chi connectivity index (χ1) is 9.13. The molecular formula is C15H28N2O2. The van der Waals surface area contributed by atoms with Gasteiger partial charge in [0.15, 0.2) is 0 Å². The molecule has 0 aromatic heterocycles. The largest absolute Gasteiger partial charge is 0.393 e. The van der Waals surface area contributed by atoms with Gasteiger partial charge in [-0.25, -0.2) is 0 Å². The van der Waals surface area contributed by atoms with E-state index in [2.05, 4.69) is 23.6 Å². The van der Waals surface area contributed by atoms with E-state index in [9.17, 15) is 5.11 Å². The number of rotatable bonds is 3. The average molecular weight is 268 g/mol. The van der Waals surface area contributed by atoms with Crippen molar-refractivity contribution in [2.75, 3.05) is 39.3 Å². The van der Waals surface area contributed by atoms with Crippen molar-refractivity contribution in [2.24, 2.45) is 11.8 Å². The molecule has 0 radical (unpaired) electrons. The summed E-state index contributed by atoms with van der Waals surface area (Å²) >= 11 is 0. The lowest BCUT2D eigenvalue weighted by molar-refractivity contribution is -0.0510. The number of aliphatic hydroxyl groups excluding tert-OH is 1. The van der Waals surface area contributed by atoms with E-state index in [0.29, 0.717) is 18.1 Å². The highest BCUT2D eigenvalue weighted by molar-refractivity contribution is 4.94. The Morgan fingerprint density at radius 2 is 2.05 bits per heavy atom. The van der Waals surface area contributed by atoms with Crippen LogP contribution in [0.1, 0.15) is 26.7 Å². The third kappa shape index (κ3) is 2.97. The molecule has 4 atom stereocenters. The molecule has 4 heteroatoms. The van der Waals surface area contributed by atoms with Crippen molar-refractivity contribution in [3.8, 4) is 0 Å². The number of aliphatic hydroxyl groups is 1. The molecule has 4 nitrogen and oxygen atoms in total. The number of ether oxygens (including phenoxy) is 1. The lowest BCUT2D eigenvalue weighted by Crippen LogP contribution is -2.49.